The Labute approximate surface area is 186 Å². The number of ether oxygens (including phenoxy) is 2. The Kier molecular flexibility index (Phi) is 7.15. The first kappa shape index (κ1) is 22.2. The number of hydrogen-bond acceptors (Lipinski definition) is 4. The van der Waals surface area contributed by atoms with E-state index in [2.05, 4.69) is 0 Å². The fraction of sp³-hybridized carbons (Fsp3) is 0.167. The van der Waals surface area contributed by atoms with Crippen LogP contribution >= 0.6 is 11.6 Å². The molecule has 0 spiro atoms. The molecule has 160 valence electrons. The number of methoxy groups -OCH3 is 1. The molecule has 0 fully saturated rings. The highest BCUT2D eigenvalue weighted by molar-refractivity contribution is 6.30. The fourth-order valence-electron chi connectivity index (χ4n) is 3.17. The van der Waals surface area contributed by atoms with Gasteiger partial charge in [-0.05, 0) is 48.0 Å². The molecule has 2 N–H and O–H groups in total. The molecule has 3 rings (SSSR count). The van der Waals surface area contributed by atoms with E-state index in [1.807, 2.05) is 6.07 Å². The third-order valence-electron chi connectivity index (χ3n) is 4.72. The van der Waals surface area contributed by atoms with Crippen molar-refractivity contribution >= 4 is 23.4 Å². The van der Waals surface area contributed by atoms with Gasteiger partial charge in [-0.2, -0.15) is 0 Å². The van der Waals surface area contributed by atoms with Crippen LogP contribution in [0, 0.1) is 0 Å². The lowest BCUT2D eigenvalue weighted by Crippen LogP contribution is -2.26. The minimum atomic E-state index is -0.558. The van der Waals surface area contributed by atoms with Gasteiger partial charge in [0.2, 0.25) is 0 Å². The van der Waals surface area contributed by atoms with Gasteiger partial charge >= 0.3 is 0 Å². The highest BCUT2D eigenvalue weighted by atomic mass is 35.5. The zero-order valence-corrected chi connectivity index (χ0v) is 18.1. The van der Waals surface area contributed by atoms with E-state index in [0.29, 0.717) is 34.2 Å². The van der Waals surface area contributed by atoms with Crippen molar-refractivity contribution in [2.24, 2.45) is 5.73 Å². The lowest BCUT2D eigenvalue weighted by Gasteiger charge is -2.19. The Balaban J connectivity index is 1.72. The van der Waals surface area contributed by atoms with Gasteiger partial charge in [0.15, 0.2) is 0 Å². The van der Waals surface area contributed by atoms with Gasteiger partial charge < -0.3 is 20.1 Å². The molecule has 7 heteroatoms. The Hall–Kier alpha value is -3.51. The Morgan fingerprint density at radius 3 is 2.52 bits per heavy atom. The number of nitrogens with zero attached hydrogens (tertiary/aromatic N) is 1. The average molecular weight is 439 g/mol. The standard InChI is InChI=1S/C24H23ClN2O4/c1-27(14-18-13-19(25)10-11-21(18)30-2)24(29)17-7-5-6-16(12-17)15-31-22-9-4-3-8-20(22)23(26)28/h3-13H,14-15H2,1-2H3,(H2,26,28). The molecule has 0 saturated heterocycles. The summed E-state index contributed by atoms with van der Waals surface area (Å²) in [5.41, 5.74) is 7.82. The second-order valence-electron chi connectivity index (χ2n) is 6.97. The van der Waals surface area contributed by atoms with Gasteiger partial charge in [0.05, 0.1) is 12.7 Å². The molecular weight excluding hydrogens is 416 g/mol. The Morgan fingerprint density at radius 2 is 1.77 bits per heavy atom. The van der Waals surface area contributed by atoms with Crippen molar-refractivity contribution in [2.45, 2.75) is 13.2 Å². The summed E-state index contributed by atoms with van der Waals surface area (Å²) in [7, 11) is 3.30. The van der Waals surface area contributed by atoms with Crippen molar-refractivity contribution < 1.29 is 19.1 Å². The number of halogens is 1. The summed E-state index contributed by atoms with van der Waals surface area (Å²) in [5.74, 6) is 0.357. The smallest absolute Gasteiger partial charge is 0.253 e. The summed E-state index contributed by atoms with van der Waals surface area (Å²) in [6.45, 7) is 0.534. The van der Waals surface area contributed by atoms with Crippen molar-refractivity contribution in [2.75, 3.05) is 14.2 Å². The monoisotopic (exact) mass is 438 g/mol. The minimum Gasteiger partial charge on any atom is -0.496 e. The summed E-state index contributed by atoms with van der Waals surface area (Å²) in [6, 6.07) is 19.2. The zero-order valence-electron chi connectivity index (χ0n) is 17.3. The maximum atomic E-state index is 13.0. The second-order valence-corrected chi connectivity index (χ2v) is 7.40. The van der Waals surface area contributed by atoms with Crippen LogP contribution in [0.15, 0.2) is 66.7 Å². The molecule has 31 heavy (non-hydrogen) atoms. The number of carbonyl (C=O) groups excluding carboxylic acids is 2. The maximum absolute atomic E-state index is 13.0. The van der Waals surface area contributed by atoms with E-state index in [9.17, 15) is 9.59 Å². The summed E-state index contributed by atoms with van der Waals surface area (Å²) in [5, 5.41) is 0.576. The van der Waals surface area contributed by atoms with Crippen molar-refractivity contribution in [3.8, 4) is 11.5 Å². The van der Waals surface area contributed by atoms with Crippen LogP contribution in [-0.2, 0) is 13.2 Å². The second kappa shape index (κ2) is 10.00. The number of nitrogens with two attached hydrogens (primary N) is 1. The lowest BCUT2D eigenvalue weighted by molar-refractivity contribution is 0.0784. The van der Waals surface area contributed by atoms with Crippen LogP contribution in [0.3, 0.4) is 0 Å². The van der Waals surface area contributed by atoms with Crippen molar-refractivity contribution in [1.82, 2.24) is 4.90 Å². The van der Waals surface area contributed by atoms with Crippen molar-refractivity contribution in [3.63, 3.8) is 0 Å². The van der Waals surface area contributed by atoms with E-state index in [1.54, 1.807) is 79.7 Å². The van der Waals surface area contributed by atoms with Gasteiger partial charge in [-0.15, -0.1) is 0 Å². The van der Waals surface area contributed by atoms with Gasteiger partial charge in [-0.3, -0.25) is 9.59 Å². The van der Waals surface area contributed by atoms with Crippen LogP contribution in [0.5, 0.6) is 11.5 Å². The largest absolute Gasteiger partial charge is 0.496 e. The molecule has 0 aliphatic rings. The molecule has 0 radical (unpaired) electrons. The first-order valence-corrected chi connectivity index (χ1v) is 9.95. The van der Waals surface area contributed by atoms with Crippen LogP contribution in [0.1, 0.15) is 31.8 Å². The first-order chi connectivity index (χ1) is 14.9. The van der Waals surface area contributed by atoms with Crippen molar-refractivity contribution in [3.05, 3.63) is 94.0 Å². The third-order valence-corrected chi connectivity index (χ3v) is 4.95. The van der Waals surface area contributed by atoms with Gasteiger partial charge in [0.25, 0.3) is 11.8 Å². The van der Waals surface area contributed by atoms with Gasteiger partial charge in [-0.25, -0.2) is 0 Å². The third kappa shape index (κ3) is 5.55. The topological polar surface area (TPSA) is 81.9 Å². The van der Waals surface area contributed by atoms with Crippen molar-refractivity contribution in [1.29, 1.82) is 0 Å². The van der Waals surface area contributed by atoms with Gasteiger partial charge in [0, 0.05) is 29.7 Å². The van der Waals surface area contributed by atoms with E-state index in [4.69, 9.17) is 26.8 Å². The molecule has 0 aliphatic heterocycles. The number of hydrogen-bond donors (Lipinski definition) is 1. The molecule has 0 bridgehead atoms. The van der Waals surface area contributed by atoms with E-state index in [1.165, 1.54) is 0 Å². The summed E-state index contributed by atoms with van der Waals surface area (Å²) in [6.07, 6.45) is 0. The quantitative estimate of drug-likeness (QED) is 0.568. The maximum Gasteiger partial charge on any atom is 0.253 e. The fourth-order valence-corrected chi connectivity index (χ4v) is 3.36. The predicted octanol–water partition coefficient (Wildman–Crippen LogP) is 4.30. The van der Waals surface area contributed by atoms with Gasteiger partial charge in [0.1, 0.15) is 18.1 Å². The highest BCUT2D eigenvalue weighted by Crippen LogP contribution is 2.24. The molecule has 0 unspecified atom stereocenters. The van der Waals surface area contributed by atoms with Crippen LogP contribution in [0.25, 0.3) is 0 Å². The molecular formula is C24H23ClN2O4. The SMILES string of the molecule is COc1ccc(Cl)cc1CN(C)C(=O)c1cccc(COc2ccccc2C(N)=O)c1. The van der Waals surface area contributed by atoms with Gasteiger partial charge in [-0.1, -0.05) is 35.9 Å². The van der Waals surface area contributed by atoms with E-state index in [0.717, 1.165) is 11.1 Å². The summed E-state index contributed by atoms with van der Waals surface area (Å²) < 4.78 is 11.1. The minimum absolute atomic E-state index is 0.151. The molecule has 0 saturated carbocycles. The highest BCUT2D eigenvalue weighted by Gasteiger charge is 2.15. The van der Waals surface area contributed by atoms with Crippen LogP contribution in [0.4, 0.5) is 0 Å². The summed E-state index contributed by atoms with van der Waals surface area (Å²) >= 11 is 6.09. The molecule has 0 heterocycles. The molecule has 3 aromatic carbocycles. The lowest BCUT2D eigenvalue weighted by atomic mass is 10.1. The Bertz CT molecular complexity index is 1100. The molecule has 0 atom stereocenters. The molecule has 3 aromatic rings. The molecule has 0 aliphatic carbocycles. The van der Waals surface area contributed by atoms with Crippen LogP contribution < -0.4 is 15.2 Å². The number of amides is 2. The normalized spacial score (nSPS) is 10.4. The number of benzene rings is 3. The van der Waals surface area contributed by atoms with Crippen LogP contribution in [-0.4, -0.2) is 30.9 Å². The van der Waals surface area contributed by atoms with E-state index < -0.39 is 5.91 Å². The van der Waals surface area contributed by atoms with Crippen LogP contribution in [0.2, 0.25) is 5.02 Å². The van der Waals surface area contributed by atoms with E-state index >= 15 is 0 Å². The van der Waals surface area contributed by atoms with E-state index in [-0.39, 0.29) is 12.5 Å². The zero-order chi connectivity index (χ0) is 22.4. The average Bonchev–Trinajstić information content (AvgIpc) is 2.77. The number of rotatable bonds is 8. The number of primary amides is 1. The summed E-state index contributed by atoms with van der Waals surface area (Å²) in [4.78, 5) is 26.1. The number of para-hydroxylation sites is 1. The molecule has 0 aromatic heterocycles. The number of carbonyl (C=O) groups is 2. The first-order valence-electron chi connectivity index (χ1n) is 9.57. The molecule has 6 nitrogen and oxygen atoms in total. The predicted molar refractivity (Wildman–Crippen MR) is 120 cm³/mol. The Morgan fingerprint density at radius 1 is 1.00 bits per heavy atom. The molecule has 2 amide bonds.